The minimum Gasteiger partial charge on any atom is -0.390 e. The first-order valence-electron chi connectivity index (χ1n) is 7.50. The van der Waals surface area contributed by atoms with Gasteiger partial charge in [0.25, 0.3) is 0 Å². The fourth-order valence-corrected chi connectivity index (χ4v) is 4.24. The Labute approximate surface area is 113 Å². The summed E-state index contributed by atoms with van der Waals surface area (Å²) in [6, 6.07) is 0. The predicted molar refractivity (Wildman–Crippen MR) is 68.6 cm³/mol. The molecule has 0 saturated heterocycles. The van der Waals surface area contributed by atoms with E-state index in [1.807, 2.05) is 0 Å². The fourth-order valence-electron chi connectivity index (χ4n) is 4.24. The number of alkyl halides is 3. The number of aliphatic hydroxyl groups is 1. The molecule has 0 radical (unpaired) electrons. The molecule has 0 aromatic carbocycles. The predicted octanol–water partition coefficient (Wildman–Crippen LogP) is 4.54. The average Bonchev–Trinajstić information content (AvgIpc) is 2.27. The van der Waals surface area contributed by atoms with Gasteiger partial charge in [-0.1, -0.05) is 13.8 Å². The highest BCUT2D eigenvalue weighted by molar-refractivity contribution is 4.95. The standard InChI is InChI=1S/C15H25F3O/c1-10-7-11(2)9-13(8-10)14(19)5-3-12(4-6-14)15(16,17)18/h10-13,19H,3-9H2,1-2H3. The summed E-state index contributed by atoms with van der Waals surface area (Å²) in [5.74, 6) is 0.155. The first-order valence-corrected chi connectivity index (χ1v) is 7.50. The third-order valence-corrected chi connectivity index (χ3v) is 5.25. The molecule has 0 heterocycles. The third-order valence-electron chi connectivity index (χ3n) is 5.25. The summed E-state index contributed by atoms with van der Waals surface area (Å²) in [7, 11) is 0. The molecule has 1 N–H and O–H groups in total. The molecule has 0 aromatic rings. The highest BCUT2D eigenvalue weighted by Crippen LogP contribution is 2.48. The first kappa shape index (κ1) is 15.1. The first-order chi connectivity index (χ1) is 8.71. The van der Waals surface area contributed by atoms with E-state index in [-0.39, 0.29) is 18.8 Å². The third kappa shape index (κ3) is 3.45. The van der Waals surface area contributed by atoms with Crippen LogP contribution in [0.4, 0.5) is 13.2 Å². The van der Waals surface area contributed by atoms with Crippen LogP contribution in [-0.4, -0.2) is 16.9 Å². The summed E-state index contributed by atoms with van der Waals surface area (Å²) in [6.45, 7) is 4.38. The van der Waals surface area contributed by atoms with Gasteiger partial charge in [-0.15, -0.1) is 0 Å². The largest absolute Gasteiger partial charge is 0.391 e. The van der Waals surface area contributed by atoms with Gasteiger partial charge >= 0.3 is 6.18 Å². The molecule has 2 unspecified atom stereocenters. The quantitative estimate of drug-likeness (QED) is 0.746. The Balaban J connectivity index is 1.97. The molecule has 2 atom stereocenters. The number of halogens is 3. The molecule has 2 saturated carbocycles. The van der Waals surface area contributed by atoms with Crippen LogP contribution in [0.25, 0.3) is 0 Å². The van der Waals surface area contributed by atoms with E-state index in [0.717, 1.165) is 12.8 Å². The Bertz CT molecular complexity index is 295. The lowest BCUT2D eigenvalue weighted by Crippen LogP contribution is -2.46. The van der Waals surface area contributed by atoms with E-state index >= 15 is 0 Å². The van der Waals surface area contributed by atoms with Crippen LogP contribution in [0.1, 0.15) is 58.8 Å². The maximum absolute atomic E-state index is 12.7. The van der Waals surface area contributed by atoms with Crippen LogP contribution < -0.4 is 0 Å². The van der Waals surface area contributed by atoms with Crippen molar-refractivity contribution in [2.75, 3.05) is 0 Å². The zero-order valence-electron chi connectivity index (χ0n) is 11.8. The van der Waals surface area contributed by atoms with Crippen molar-refractivity contribution in [1.82, 2.24) is 0 Å². The maximum atomic E-state index is 12.7. The van der Waals surface area contributed by atoms with Crippen molar-refractivity contribution < 1.29 is 18.3 Å². The van der Waals surface area contributed by atoms with Crippen LogP contribution in [-0.2, 0) is 0 Å². The molecule has 0 bridgehead atoms. The van der Waals surface area contributed by atoms with Gasteiger partial charge in [0, 0.05) is 0 Å². The van der Waals surface area contributed by atoms with Gasteiger partial charge in [-0.3, -0.25) is 0 Å². The van der Waals surface area contributed by atoms with Gasteiger partial charge in [0.2, 0.25) is 0 Å². The van der Waals surface area contributed by atoms with Gasteiger partial charge < -0.3 is 5.11 Å². The second-order valence-electron chi connectivity index (χ2n) is 7.03. The maximum Gasteiger partial charge on any atom is 0.391 e. The molecule has 4 heteroatoms. The lowest BCUT2D eigenvalue weighted by Gasteiger charge is -2.46. The molecule has 19 heavy (non-hydrogen) atoms. The van der Waals surface area contributed by atoms with E-state index in [0.29, 0.717) is 24.7 Å². The lowest BCUT2D eigenvalue weighted by molar-refractivity contribution is -0.198. The van der Waals surface area contributed by atoms with Crippen molar-refractivity contribution in [2.45, 2.75) is 70.6 Å². The highest BCUT2D eigenvalue weighted by atomic mass is 19.4. The molecular weight excluding hydrogens is 253 g/mol. The number of hydrogen-bond acceptors (Lipinski definition) is 1. The minimum absolute atomic E-state index is 0.0965. The monoisotopic (exact) mass is 278 g/mol. The zero-order valence-corrected chi connectivity index (χ0v) is 11.8. The Morgan fingerprint density at radius 1 is 0.947 bits per heavy atom. The summed E-state index contributed by atoms with van der Waals surface area (Å²) >= 11 is 0. The molecule has 0 aromatic heterocycles. The topological polar surface area (TPSA) is 20.2 Å². The van der Waals surface area contributed by atoms with Crippen LogP contribution in [0, 0.1) is 23.7 Å². The van der Waals surface area contributed by atoms with E-state index in [4.69, 9.17) is 0 Å². The second kappa shape index (κ2) is 5.27. The van der Waals surface area contributed by atoms with Crippen molar-refractivity contribution in [3.63, 3.8) is 0 Å². The molecule has 2 aliphatic carbocycles. The van der Waals surface area contributed by atoms with E-state index in [2.05, 4.69) is 13.8 Å². The SMILES string of the molecule is CC1CC(C)CC(C2(O)CCC(C(F)(F)F)CC2)C1. The molecule has 0 aliphatic heterocycles. The van der Waals surface area contributed by atoms with Crippen molar-refractivity contribution >= 4 is 0 Å². The van der Waals surface area contributed by atoms with Crippen molar-refractivity contribution in [3.05, 3.63) is 0 Å². The Hall–Kier alpha value is -0.250. The Kier molecular flexibility index (Phi) is 4.20. The lowest BCUT2D eigenvalue weighted by atomic mass is 9.64. The summed E-state index contributed by atoms with van der Waals surface area (Å²) in [5.41, 5.74) is -0.843. The van der Waals surface area contributed by atoms with Crippen molar-refractivity contribution in [3.8, 4) is 0 Å². The van der Waals surface area contributed by atoms with E-state index in [1.54, 1.807) is 0 Å². The van der Waals surface area contributed by atoms with Crippen molar-refractivity contribution in [2.24, 2.45) is 23.7 Å². The van der Waals surface area contributed by atoms with Crippen LogP contribution in [0.15, 0.2) is 0 Å². The summed E-state index contributed by atoms with van der Waals surface area (Å²) in [4.78, 5) is 0. The van der Waals surface area contributed by atoms with E-state index in [1.165, 1.54) is 6.42 Å². The fraction of sp³-hybridized carbons (Fsp3) is 1.00. The second-order valence-corrected chi connectivity index (χ2v) is 7.03. The van der Waals surface area contributed by atoms with Crippen LogP contribution in [0.3, 0.4) is 0 Å². The molecular formula is C15H25F3O. The van der Waals surface area contributed by atoms with Crippen LogP contribution in [0.5, 0.6) is 0 Å². The molecule has 1 nitrogen and oxygen atoms in total. The van der Waals surface area contributed by atoms with E-state index < -0.39 is 17.7 Å². The molecule has 2 rings (SSSR count). The van der Waals surface area contributed by atoms with Crippen LogP contribution >= 0.6 is 0 Å². The van der Waals surface area contributed by atoms with Gasteiger partial charge in [0.1, 0.15) is 0 Å². The molecule has 0 spiro atoms. The Morgan fingerprint density at radius 2 is 1.42 bits per heavy atom. The van der Waals surface area contributed by atoms with Gasteiger partial charge in [0.05, 0.1) is 11.5 Å². The van der Waals surface area contributed by atoms with Crippen LogP contribution in [0.2, 0.25) is 0 Å². The minimum atomic E-state index is -4.09. The zero-order chi connectivity index (χ0) is 14.3. The smallest absolute Gasteiger partial charge is 0.390 e. The summed E-state index contributed by atoms with van der Waals surface area (Å²) < 4.78 is 38.0. The molecule has 112 valence electrons. The summed E-state index contributed by atoms with van der Waals surface area (Å²) in [5, 5.41) is 10.7. The number of rotatable bonds is 1. The van der Waals surface area contributed by atoms with E-state index in [9.17, 15) is 18.3 Å². The van der Waals surface area contributed by atoms with Gasteiger partial charge in [-0.25, -0.2) is 0 Å². The normalized spacial score (nSPS) is 45.2. The molecule has 2 aliphatic rings. The Morgan fingerprint density at radius 3 is 1.84 bits per heavy atom. The highest BCUT2D eigenvalue weighted by Gasteiger charge is 2.48. The van der Waals surface area contributed by atoms with Crippen molar-refractivity contribution in [1.29, 1.82) is 0 Å². The van der Waals surface area contributed by atoms with Gasteiger partial charge in [0.15, 0.2) is 0 Å². The molecule has 2 fully saturated rings. The van der Waals surface area contributed by atoms with Gasteiger partial charge in [-0.05, 0) is 62.7 Å². The summed E-state index contributed by atoms with van der Waals surface area (Å²) in [6.07, 6.45) is -0.137. The van der Waals surface area contributed by atoms with Gasteiger partial charge in [-0.2, -0.15) is 13.2 Å². The number of hydrogen-bond donors (Lipinski definition) is 1. The average molecular weight is 278 g/mol. The molecule has 0 amide bonds.